The molecule has 2 saturated heterocycles. The van der Waals surface area contributed by atoms with Crippen LogP contribution < -0.4 is 5.73 Å². The molecule has 2 aliphatic heterocycles. The van der Waals surface area contributed by atoms with E-state index in [1.54, 1.807) is 0 Å². The first kappa shape index (κ1) is 11.3. The van der Waals surface area contributed by atoms with Gasteiger partial charge in [-0.2, -0.15) is 11.8 Å². The van der Waals surface area contributed by atoms with Crippen LogP contribution >= 0.6 is 11.8 Å². The molecule has 2 aliphatic rings. The van der Waals surface area contributed by atoms with Crippen LogP contribution in [0.1, 0.15) is 25.7 Å². The van der Waals surface area contributed by atoms with Crippen molar-refractivity contribution in [2.45, 2.75) is 31.7 Å². The summed E-state index contributed by atoms with van der Waals surface area (Å²) < 4.78 is 0. The lowest BCUT2D eigenvalue weighted by molar-refractivity contribution is -0.136. The lowest BCUT2D eigenvalue weighted by atomic mass is 10.0. The Labute approximate surface area is 95.8 Å². The maximum Gasteiger partial charge on any atom is 0.226 e. The zero-order valence-corrected chi connectivity index (χ0v) is 9.97. The average Bonchev–Trinajstić information content (AvgIpc) is 2.77. The molecule has 0 spiro atoms. The third-order valence-electron chi connectivity index (χ3n) is 3.50. The minimum atomic E-state index is 0.290. The quantitative estimate of drug-likeness (QED) is 0.769. The second kappa shape index (κ2) is 5.21. The van der Waals surface area contributed by atoms with Gasteiger partial charge in [0.15, 0.2) is 0 Å². The number of thioether (sulfide) groups is 1. The third kappa shape index (κ3) is 2.48. The van der Waals surface area contributed by atoms with E-state index in [9.17, 15) is 4.79 Å². The summed E-state index contributed by atoms with van der Waals surface area (Å²) in [6, 6.07) is 0.326. The topological polar surface area (TPSA) is 46.3 Å². The second-order valence-electron chi connectivity index (χ2n) is 4.45. The van der Waals surface area contributed by atoms with Gasteiger partial charge in [0.2, 0.25) is 5.91 Å². The molecule has 0 aromatic carbocycles. The van der Waals surface area contributed by atoms with Gasteiger partial charge in [-0.15, -0.1) is 0 Å². The normalized spacial score (nSPS) is 28.3. The fraction of sp³-hybridized carbons (Fsp3) is 0.909. The number of rotatable bonds is 2. The van der Waals surface area contributed by atoms with Crippen molar-refractivity contribution in [3.05, 3.63) is 0 Å². The van der Waals surface area contributed by atoms with E-state index in [4.69, 9.17) is 5.73 Å². The molecule has 0 aromatic heterocycles. The summed E-state index contributed by atoms with van der Waals surface area (Å²) >= 11 is 1.97. The van der Waals surface area contributed by atoms with Gasteiger partial charge in [-0.05, 0) is 37.2 Å². The molecule has 2 N–H and O–H groups in total. The van der Waals surface area contributed by atoms with Crippen molar-refractivity contribution >= 4 is 17.7 Å². The first-order chi connectivity index (χ1) is 7.33. The fourth-order valence-corrected chi connectivity index (χ4v) is 3.66. The molecule has 0 aromatic rings. The van der Waals surface area contributed by atoms with Gasteiger partial charge < -0.3 is 10.6 Å². The molecule has 4 heteroatoms. The van der Waals surface area contributed by atoms with E-state index in [2.05, 4.69) is 0 Å². The number of amides is 1. The smallest absolute Gasteiger partial charge is 0.226 e. The van der Waals surface area contributed by atoms with Crippen molar-refractivity contribution in [3.63, 3.8) is 0 Å². The first-order valence-electron chi connectivity index (χ1n) is 5.91. The highest BCUT2D eigenvalue weighted by Crippen LogP contribution is 2.27. The van der Waals surface area contributed by atoms with Gasteiger partial charge in [-0.1, -0.05) is 0 Å². The van der Waals surface area contributed by atoms with Gasteiger partial charge >= 0.3 is 0 Å². The van der Waals surface area contributed by atoms with E-state index in [-0.39, 0.29) is 0 Å². The third-order valence-corrected chi connectivity index (χ3v) is 4.55. The van der Waals surface area contributed by atoms with E-state index in [1.807, 2.05) is 16.7 Å². The lowest BCUT2D eigenvalue weighted by Gasteiger charge is -2.29. The lowest BCUT2D eigenvalue weighted by Crippen LogP contribution is -2.43. The van der Waals surface area contributed by atoms with Crippen molar-refractivity contribution in [2.75, 3.05) is 24.6 Å². The molecule has 2 fully saturated rings. The number of hydrogen-bond donors (Lipinski definition) is 1. The summed E-state index contributed by atoms with van der Waals surface area (Å²) in [5, 5.41) is 0. The first-order valence-corrected chi connectivity index (χ1v) is 7.06. The molecule has 0 saturated carbocycles. The molecule has 0 bridgehead atoms. The van der Waals surface area contributed by atoms with Crippen LogP contribution in [0, 0.1) is 5.92 Å². The molecule has 3 nitrogen and oxygen atoms in total. The minimum Gasteiger partial charge on any atom is -0.338 e. The Morgan fingerprint density at radius 2 is 2.07 bits per heavy atom. The number of likely N-dealkylation sites (tertiary alicyclic amines) is 1. The number of carbonyl (C=O) groups is 1. The van der Waals surface area contributed by atoms with Crippen LogP contribution in [0.4, 0.5) is 0 Å². The van der Waals surface area contributed by atoms with Gasteiger partial charge in [0.05, 0.1) is 0 Å². The highest BCUT2D eigenvalue weighted by Gasteiger charge is 2.32. The summed E-state index contributed by atoms with van der Waals surface area (Å²) in [5.41, 5.74) is 5.69. The Morgan fingerprint density at radius 3 is 2.73 bits per heavy atom. The Balaban J connectivity index is 1.93. The minimum absolute atomic E-state index is 0.290. The fourth-order valence-electron chi connectivity index (χ4n) is 2.55. The number of nitrogens with zero attached hydrogens (tertiary/aromatic N) is 1. The van der Waals surface area contributed by atoms with Gasteiger partial charge in [0.1, 0.15) is 0 Å². The van der Waals surface area contributed by atoms with E-state index < -0.39 is 0 Å². The molecule has 2 rings (SSSR count). The van der Waals surface area contributed by atoms with Crippen LogP contribution in [-0.4, -0.2) is 41.4 Å². The van der Waals surface area contributed by atoms with E-state index in [1.165, 1.54) is 0 Å². The van der Waals surface area contributed by atoms with E-state index >= 15 is 0 Å². The van der Waals surface area contributed by atoms with Gasteiger partial charge in [-0.25, -0.2) is 0 Å². The Hall–Kier alpha value is -0.220. The van der Waals surface area contributed by atoms with Crippen molar-refractivity contribution < 1.29 is 4.79 Å². The van der Waals surface area contributed by atoms with Crippen LogP contribution in [0.5, 0.6) is 0 Å². The maximum absolute atomic E-state index is 12.2. The highest BCUT2D eigenvalue weighted by atomic mass is 32.2. The zero-order chi connectivity index (χ0) is 10.7. The summed E-state index contributed by atoms with van der Waals surface area (Å²) in [6.07, 6.45) is 4.37. The molecule has 1 amide bonds. The zero-order valence-electron chi connectivity index (χ0n) is 9.15. The average molecular weight is 228 g/mol. The van der Waals surface area contributed by atoms with Crippen molar-refractivity contribution in [3.8, 4) is 0 Å². The van der Waals surface area contributed by atoms with Gasteiger partial charge in [-0.3, -0.25) is 4.79 Å². The molecular weight excluding hydrogens is 208 g/mol. The summed E-state index contributed by atoms with van der Waals surface area (Å²) in [7, 11) is 0. The second-order valence-corrected chi connectivity index (χ2v) is 5.67. The van der Waals surface area contributed by atoms with Crippen molar-refractivity contribution in [1.82, 2.24) is 4.90 Å². The van der Waals surface area contributed by atoms with Gasteiger partial charge in [0, 0.05) is 25.0 Å². The maximum atomic E-state index is 12.2. The molecular formula is C11H20N2OS. The van der Waals surface area contributed by atoms with Crippen LogP contribution in [0.2, 0.25) is 0 Å². The van der Waals surface area contributed by atoms with Crippen LogP contribution in [0.25, 0.3) is 0 Å². The predicted octanol–water partition coefficient (Wildman–Crippen LogP) is 1.08. The molecule has 0 aliphatic carbocycles. The summed E-state index contributed by atoms with van der Waals surface area (Å²) in [6.45, 7) is 1.57. The van der Waals surface area contributed by atoms with Gasteiger partial charge in [0.25, 0.3) is 0 Å². The molecule has 15 heavy (non-hydrogen) atoms. The highest BCUT2D eigenvalue weighted by molar-refractivity contribution is 7.99. The van der Waals surface area contributed by atoms with Crippen LogP contribution in [0.15, 0.2) is 0 Å². The predicted molar refractivity (Wildman–Crippen MR) is 63.8 cm³/mol. The van der Waals surface area contributed by atoms with Crippen LogP contribution in [0.3, 0.4) is 0 Å². The Bertz CT molecular complexity index is 229. The standard InChI is InChI=1S/C11H20N2OS/c12-8-10-2-1-5-13(10)11(14)9-3-6-15-7-4-9/h9-10H,1-8,12H2. The Morgan fingerprint density at radius 1 is 1.33 bits per heavy atom. The SMILES string of the molecule is NCC1CCCN1C(=O)C1CCSCC1. The van der Waals surface area contributed by atoms with Crippen LogP contribution in [-0.2, 0) is 4.79 Å². The molecule has 1 atom stereocenters. The van der Waals surface area contributed by atoms with Crippen molar-refractivity contribution in [2.24, 2.45) is 11.7 Å². The summed E-state index contributed by atoms with van der Waals surface area (Å²) in [4.78, 5) is 14.3. The molecule has 2 heterocycles. The summed E-state index contributed by atoms with van der Waals surface area (Å²) in [5.74, 6) is 2.97. The molecule has 1 unspecified atom stereocenters. The van der Waals surface area contributed by atoms with Crippen molar-refractivity contribution in [1.29, 1.82) is 0 Å². The molecule has 0 radical (unpaired) electrons. The number of hydrogen-bond acceptors (Lipinski definition) is 3. The largest absolute Gasteiger partial charge is 0.338 e. The number of nitrogens with two attached hydrogens (primary N) is 1. The number of carbonyl (C=O) groups excluding carboxylic acids is 1. The van der Waals surface area contributed by atoms with E-state index in [0.29, 0.717) is 24.4 Å². The van der Waals surface area contributed by atoms with E-state index in [0.717, 1.165) is 43.7 Å². The monoisotopic (exact) mass is 228 g/mol. The molecule has 86 valence electrons. The Kier molecular flexibility index (Phi) is 3.92.